The van der Waals surface area contributed by atoms with Crippen molar-refractivity contribution in [3.05, 3.63) is 30.1 Å². The summed E-state index contributed by atoms with van der Waals surface area (Å²) in [6, 6.07) is 5.79. The summed E-state index contributed by atoms with van der Waals surface area (Å²) >= 11 is 0. The summed E-state index contributed by atoms with van der Waals surface area (Å²) in [7, 11) is 0. The second-order valence-corrected chi connectivity index (χ2v) is 7.60. The van der Waals surface area contributed by atoms with E-state index in [1.165, 1.54) is 38.8 Å². The van der Waals surface area contributed by atoms with Crippen molar-refractivity contribution in [2.75, 3.05) is 26.2 Å². The minimum Gasteiger partial charge on any atom is -0.342 e. The van der Waals surface area contributed by atoms with E-state index < -0.39 is 0 Å². The molecule has 1 aromatic rings. The number of hydrogen-bond donors (Lipinski definition) is 0. The van der Waals surface area contributed by atoms with Crippen LogP contribution in [0.2, 0.25) is 0 Å². The molecule has 0 radical (unpaired) electrons. The molecular formula is C19H27N3O. The molecule has 0 aromatic carbocycles. The number of hydrogen-bond acceptors (Lipinski definition) is 3. The van der Waals surface area contributed by atoms with Gasteiger partial charge >= 0.3 is 0 Å². The third kappa shape index (κ3) is 3.27. The van der Waals surface area contributed by atoms with Crippen molar-refractivity contribution < 1.29 is 4.79 Å². The second kappa shape index (κ2) is 6.23. The van der Waals surface area contributed by atoms with Crippen LogP contribution < -0.4 is 0 Å². The summed E-state index contributed by atoms with van der Waals surface area (Å²) < 4.78 is 0. The van der Waals surface area contributed by atoms with Gasteiger partial charge in [0.25, 0.3) is 0 Å². The van der Waals surface area contributed by atoms with Crippen LogP contribution in [0.25, 0.3) is 0 Å². The monoisotopic (exact) mass is 313 g/mol. The van der Waals surface area contributed by atoms with Gasteiger partial charge in [-0.15, -0.1) is 0 Å². The van der Waals surface area contributed by atoms with Crippen LogP contribution in [0.5, 0.6) is 0 Å². The van der Waals surface area contributed by atoms with E-state index in [1.54, 1.807) is 6.20 Å². The van der Waals surface area contributed by atoms with Gasteiger partial charge in [0.05, 0.1) is 6.42 Å². The van der Waals surface area contributed by atoms with Crippen LogP contribution in [0.15, 0.2) is 24.4 Å². The fourth-order valence-electron chi connectivity index (χ4n) is 4.40. The number of carbonyl (C=O) groups is 1. The Bertz CT molecular complexity index is 547. The highest BCUT2D eigenvalue weighted by molar-refractivity contribution is 5.78. The summed E-state index contributed by atoms with van der Waals surface area (Å²) in [5.41, 5.74) is 1.29. The van der Waals surface area contributed by atoms with E-state index in [0.29, 0.717) is 12.0 Å². The largest absolute Gasteiger partial charge is 0.342 e. The summed E-state index contributed by atoms with van der Waals surface area (Å²) in [6.45, 7) is 4.43. The summed E-state index contributed by atoms with van der Waals surface area (Å²) in [5.74, 6) is 1.21. The molecular weight excluding hydrogens is 286 g/mol. The smallest absolute Gasteiger partial charge is 0.228 e. The van der Waals surface area contributed by atoms with E-state index in [0.717, 1.165) is 37.5 Å². The molecule has 4 rings (SSSR count). The predicted octanol–water partition coefficient (Wildman–Crippen LogP) is 2.49. The number of rotatable bonds is 4. The Balaban J connectivity index is 1.34. The Kier molecular flexibility index (Phi) is 4.10. The van der Waals surface area contributed by atoms with Crippen LogP contribution in [0, 0.1) is 5.92 Å². The first-order valence-corrected chi connectivity index (χ1v) is 9.18. The van der Waals surface area contributed by atoms with Gasteiger partial charge < -0.3 is 4.90 Å². The maximum absolute atomic E-state index is 12.5. The van der Waals surface area contributed by atoms with Gasteiger partial charge in [0.1, 0.15) is 0 Å². The van der Waals surface area contributed by atoms with Gasteiger partial charge in [-0.1, -0.05) is 6.07 Å². The van der Waals surface area contributed by atoms with Gasteiger partial charge in [-0.25, -0.2) is 0 Å². The number of pyridine rings is 1. The zero-order valence-corrected chi connectivity index (χ0v) is 13.9. The molecule has 4 nitrogen and oxygen atoms in total. The minimum absolute atomic E-state index is 0.241. The van der Waals surface area contributed by atoms with Gasteiger partial charge in [-0.05, 0) is 63.1 Å². The Labute approximate surface area is 138 Å². The molecule has 1 aliphatic carbocycles. The average Bonchev–Trinajstić information content (AvgIpc) is 3.32. The third-order valence-electron chi connectivity index (χ3n) is 6.02. The van der Waals surface area contributed by atoms with Crippen LogP contribution >= 0.6 is 0 Å². The fraction of sp³-hybridized carbons (Fsp3) is 0.684. The lowest BCUT2D eigenvalue weighted by Crippen LogP contribution is -2.53. The van der Waals surface area contributed by atoms with E-state index in [-0.39, 0.29) is 5.91 Å². The first-order chi connectivity index (χ1) is 11.3. The molecule has 3 aliphatic rings. The first-order valence-electron chi connectivity index (χ1n) is 9.18. The molecule has 0 atom stereocenters. The van der Waals surface area contributed by atoms with Crippen LogP contribution in [0.3, 0.4) is 0 Å². The van der Waals surface area contributed by atoms with Crippen molar-refractivity contribution in [3.8, 4) is 0 Å². The topological polar surface area (TPSA) is 36.4 Å². The van der Waals surface area contributed by atoms with Crippen LogP contribution in [0.4, 0.5) is 0 Å². The normalized spacial score (nSPS) is 24.3. The van der Waals surface area contributed by atoms with Crippen molar-refractivity contribution in [1.82, 2.24) is 14.8 Å². The van der Waals surface area contributed by atoms with Crippen LogP contribution in [0.1, 0.15) is 44.2 Å². The molecule has 0 unspecified atom stereocenters. The Morgan fingerprint density at radius 1 is 1.17 bits per heavy atom. The number of piperidine rings is 1. The van der Waals surface area contributed by atoms with Crippen molar-refractivity contribution in [2.45, 2.75) is 50.5 Å². The van der Waals surface area contributed by atoms with Gasteiger partial charge in [-0.3, -0.25) is 14.7 Å². The van der Waals surface area contributed by atoms with Gasteiger partial charge in [0.2, 0.25) is 5.91 Å². The standard InChI is InChI=1S/C19H27N3O/c23-18(14-17-4-1-2-10-20-17)21-12-8-19(9-13-21)7-3-11-22(19)15-16-5-6-16/h1-2,4,10,16H,3,5-9,11-15H2. The second-order valence-electron chi connectivity index (χ2n) is 7.60. The molecule has 1 aromatic heterocycles. The number of amides is 1. The summed E-state index contributed by atoms with van der Waals surface area (Å²) in [5, 5.41) is 0. The Morgan fingerprint density at radius 2 is 2.00 bits per heavy atom. The first kappa shape index (κ1) is 15.1. The fourth-order valence-corrected chi connectivity index (χ4v) is 4.40. The zero-order valence-electron chi connectivity index (χ0n) is 13.9. The molecule has 0 N–H and O–H groups in total. The number of nitrogens with zero attached hydrogens (tertiary/aromatic N) is 3. The predicted molar refractivity (Wildman–Crippen MR) is 90.0 cm³/mol. The lowest BCUT2D eigenvalue weighted by atomic mass is 9.84. The molecule has 1 amide bonds. The lowest BCUT2D eigenvalue weighted by molar-refractivity contribution is -0.133. The highest BCUT2D eigenvalue weighted by Crippen LogP contribution is 2.41. The van der Waals surface area contributed by atoms with E-state index >= 15 is 0 Å². The minimum atomic E-state index is 0.241. The van der Waals surface area contributed by atoms with Gasteiger partial charge in [0, 0.05) is 37.1 Å². The molecule has 3 fully saturated rings. The zero-order chi connectivity index (χ0) is 15.7. The molecule has 4 heteroatoms. The van der Waals surface area contributed by atoms with Crippen molar-refractivity contribution in [1.29, 1.82) is 0 Å². The number of aromatic nitrogens is 1. The molecule has 1 spiro atoms. The van der Waals surface area contributed by atoms with Crippen molar-refractivity contribution in [3.63, 3.8) is 0 Å². The maximum Gasteiger partial charge on any atom is 0.228 e. The molecule has 23 heavy (non-hydrogen) atoms. The highest BCUT2D eigenvalue weighted by Gasteiger charge is 2.45. The van der Waals surface area contributed by atoms with E-state index in [4.69, 9.17) is 0 Å². The molecule has 0 bridgehead atoms. The quantitative estimate of drug-likeness (QED) is 0.857. The SMILES string of the molecule is O=C(Cc1ccccn1)N1CCC2(CCCN2CC2CC2)CC1. The average molecular weight is 313 g/mol. The summed E-state index contributed by atoms with van der Waals surface area (Å²) in [6.07, 6.45) is 10.1. The highest BCUT2D eigenvalue weighted by atomic mass is 16.2. The van der Waals surface area contributed by atoms with Crippen molar-refractivity contribution in [2.24, 2.45) is 5.92 Å². The maximum atomic E-state index is 12.5. The lowest BCUT2D eigenvalue weighted by Gasteiger charge is -2.45. The summed E-state index contributed by atoms with van der Waals surface area (Å²) in [4.78, 5) is 21.6. The Morgan fingerprint density at radius 3 is 2.70 bits per heavy atom. The Hall–Kier alpha value is -1.42. The molecule has 1 saturated carbocycles. The molecule has 124 valence electrons. The van der Waals surface area contributed by atoms with Gasteiger partial charge in [0.15, 0.2) is 0 Å². The molecule has 3 heterocycles. The van der Waals surface area contributed by atoms with E-state index in [1.807, 2.05) is 18.2 Å². The van der Waals surface area contributed by atoms with Gasteiger partial charge in [-0.2, -0.15) is 0 Å². The van der Waals surface area contributed by atoms with Crippen molar-refractivity contribution >= 4 is 5.91 Å². The number of carbonyl (C=O) groups excluding carboxylic acids is 1. The van der Waals surface area contributed by atoms with E-state index in [2.05, 4.69) is 14.8 Å². The molecule has 2 saturated heterocycles. The van der Waals surface area contributed by atoms with Crippen LogP contribution in [-0.4, -0.2) is 52.4 Å². The van der Waals surface area contributed by atoms with Crippen LogP contribution in [-0.2, 0) is 11.2 Å². The number of likely N-dealkylation sites (tertiary alicyclic amines) is 2. The third-order valence-corrected chi connectivity index (χ3v) is 6.02. The van der Waals surface area contributed by atoms with E-state index in [9.17, 15) is 4.79 Å². The molecule has 2 aliphatic heterocycles.